The van der Waals surface area contributed by atoms with E-state index in [4.69, 9.17) is 0 Å². The van der Waals surface area contributed by atoms with E-state index >= 15 is 0 Å². The molecule has 0 N–H and O–H groups in total. The van der Waals surface area contributed by atoms with Crippen molar-refractivity contribution in [2.75, 3.05) is 26.2 Å². The van der Waals surface area contributed by atoms with Gasteiger partial charge in [-0.3, -0.25) is 14.2 Å². The molecule has 3 aromatic rings. The Bertz CT molecular complexity index is 1320. The van der Waals surface area contributed by atoms with Gasteiger partial charge in [-0.15, -0.1) is 0 Å². The van der Waals surface area contributed by atoms with E-state index in [1.165, 1.54) is 4.31 Å². The molecule has 2 heterocycles. The number of carbonyl (C=O) groups is 1. The predicted octanol–water partition coefficient (Wildman–Crippen LogP) is 2.85. The van der Waals surface area contributed by atoms with Crippen LogP contribution in [-0.2, 0) is 16.6 Å². The third-order valence-corrected chi connectivity index (χ3v) is 8.71. The summed E-state index contributed by atoms with van der Waals surface area (Å²) in [6, 6.07) is 10.5. The minimum Gasteiger partial charge on any atom is -0.336 e. The van der Waals surface area contributed by atoms with Crippen LogP contribution in [0.3, 0.4) is 0 Å². The van der Waals surface area contributed by atoms with E-state index in [1.807, 2.05) is 39.0 Å². The normalized spacial score (nSPS) is 15.5. The largest absolute Gasteiger partial charge is 0.336 e. The maximum Gasteiger partial charge on any atom is 0.308 e. The van der Waals surface area contributed by atoms with Crippen molar-refractivity contribution in [3.63, 3.8) is 0 Å². The van der Waals surface area contributed by atoms with Crippen molar-refractivity contribution in [1.82, 2.24) is 13.8 Å². The molecule has 2 aromatic carbocycles. The molecule has 7 nitrogen and oxygen atoms in total. The Labute approximate surface area is 185 Å². The standard InChI is InChI=1S/C22H25N3O4S2/c1-4-25-19-8-7-18(14-20(19)30-22(25)27)31(28,29)24-11-9-23(10-12-24)21(26)17-6-5-15(2)16(3)13-17/h5-8,13-14H,4,9-12H2,1-3H3. The number of thiazole rings is 1. The first-order chi connectivity index (χ1) is 14.7. The Balaban J connectivity index is 1.51. The zero-order chi connectivity index (χ0) is 22.3. The summed E-state index contributed by atoms with van der Waals surface area (Å²) in [4.78, 5) is 26.7. The zero-order valence-corrected chi connectivity index (χ0v) is 19.4. The number of rotatable bonds is 4. The van der Waals surface area contributed by atoms with Crippen molar-refractivity contribution in [3.05, 3.63) is 62.8 Å². The van der Waals surface area contributed by atoms with Gasteiger partial charge in [-0.05, 0) is 62.2 Å². The van der Waals surface area contributed by atoms with Crippen LogP contribution in [0.1, 0.15) is 28.4 Å². The van der Waals surface area contributed by atoms with Gasteiger partial charge in [-0.25, -0.2) is 8.42 Å². The number of hydrogen-bond acceptors (Lipinski definition) is 5. The summed E-state index contributed by atoms with van der Waals surface area (Å²) in [5.74, 6) is -0.0766. The number of hydrogen-bond donors (Lipinski definition) is 0. The van der Waals surface area contributed by atoms with E-state index in [0.717, 1.165) is 28.0 Å². The molecule has 0 radical (unpaired) electrons. The van der Waals surface area contributed by atoms with Crippen molar-refractivity contribution in [2.45, 2.75) is 32.2 Å². The van der Waals surface area contributed by atoms with Gasteiger partial charge in [0, 0.05) is 38.3 Å². The number of sulfonamides is 1. The molecule has 1 amide bonds. The maximum atomic E-state index is 13.2. The van der Waals surface area contributed by atoms with E-state index in [2.05, 4.69) is 0 Å². The summed E-state index contributed by atoms with van der Waals surface area (Å²) in [5.41, 5.74) is 3.56. The van der Waals surface area contributed by atoms with Gasteiger partial charge in [0.1, 0.15) is 0 Å². The van der Waals surface area contributed by atoms with Crippen LogP contribution in [-0.4, -0.2) is 54.3 Å². The van der Waals surface area contributed by atoms with Gasteiger partial charge in [0.2, 0.25) is 10.0 Å². The molecule has 0 unspecified atom stereocenters. The summed E-state index contributed by atoms with van der Waals surface area (Å²) in [6.45, 7) is 7.56. The molecule has 4 rings (SSSR count). The summed E-state index contributed by atoms with van der Waals surface area (Å²) in [7, 11) is -3.70. The van der Waals surface area contributed by atoms with Gasteiger partial charge >= 0.3 is 4.87 Å². The minimum atomic E-state index is -3.70. The van der Waals surface area contributed by atoms with Gasteiger partial charge in [-0.1, -0.05) is 17.4 Å². The van der Waals surface area contributed by atoms with Gasteiger partial charge < -0.3 is 4.90 Å². The molecular weight excluding hydrogens is 434 g/mol. The highest BCUT2D eigenvalue weighted by Gasteiger charge is 2.31. The van der Waals surface area contributed by atoms with Gasteiger partial charge in [0.05, 0.1) is 15.1 Å². The predicted molar refractivity (Wildman–Crippen MR) is 122 cm³/mol. The Kier molecular flexibility index (Phi) is 5.76. The summed E-state index contributed by atoms with van der Waals surface area (Å²) in [6.07, 6.45) is 0. The second-order valence-corrected chi connectivity index (χ2v) is 10.7. The van der Waals surface area contributed by atoms with Crippen molar-refractivity contribution < 1.29 is 13.2 Å². The van der Waals surface area contributed by atoms with E-state index in [0.29, 0.717) is 29.9 Å². The van der Waals surface area contributed by atoms with Crippen LogP contribution in [0.25, 0.3) is 10.2 Å². The van der Waals surface area contributed by atoms with E-state index in [-0.39, 0.29) is 28.8 Å². The molecule has 164 valence electrons. The molecule has 0 bridgehead atoms. The Hall–Kier alpha value is -2.49. The first-order valence-corrected chi connectivity index (χ1v) is 12.5. The van der Waals surface area contributed by atoms with E-state index in [9.17, 15) is 18.0 Å². The van der Waals surface area contributed by atoms with Crippen molar-refractivity contribution in [2.24, 2.45) is 0 Å². The van der Waals surface area contributed by atoms with Gasteiger partial charge in [0.15, 0.2) is 0 Å². The lowest BCUT2D eigenvalue weighted by molar-refractivity contribution is 0.0698. The fourth-order valence-corrected chi connectivity index (χ4v) is 6.36. The smallest absolute Gasteiger partial charge is 0.308 e. The third-order valence-electron chi connectivity index (χ3n) is 5.87. The van der Waals surface area contributed by atoms with Crippen LogP contribution in [0.2, 0.25) is 0 Å². The van der Waals surface area contributed by atoms with E-state index in [1.54, 1.807) is 27.7 Å². The molecule has 1 fully saturated rings. The van der Waals surface area contributed by atoms with Gasteiger partial charge in [0.25, 0.3) is 5.91 Å². The number of piperazine rings is 1. The average molecular weight is 460 g/mol. The van der Waals surface area contributed by atoms with Crippen LogP contribution in [0.5, 0.6) is 0 Å². The summed E-state index contributed by atoms with van der Waals surface area (Å²) >= 11 is 1.06. The van der Waals surface area contributed by atoms with Crippen molar-refractivity contribution >= 4 is 37.5 Å². The number of carbonyl (C=O) groups excluding carboxylic acids is 1. The number of benzene rings is 2. The lowest BCUT2D eigenvalue weighted by Gasteiger charge is -2.34. The second-order valence-electron chi connectivity index (χ2n) is 7.74. The van der Waals surface area contributed by atoms with Crippen LogP contribution in [0.4, 0.5) is 0 Å². The highest BCUT2D eigenvalue weighted by atomic mass is 32.2. The number of amides is 1. The summed E-state index contributed by atoms with van der Waals surface area (Å²) < 4.78 is 30.0. The van der Waals surface area contributed by atoms with Crippen LogP contribution >= 0.6 is 11.3 Å². The Morgan fingerprint density at radius 1 is 1.00 bits per heavy atom. The molecule has 1 aromatic heterocycles. The molecule has 0 aliphatic carbocycles. The first kappa shape index (κ1) is 21.7. The molecule has 1 aliphatic heterocycles. The lowest BCUT2D eigenvalue weighted by atomic mass is 10.1. The van der Waals surface area contributed by atoms with Crippen molar-refractivity contribution in [3.8, 4) is 0 Å². The molecular formula is C22H25N3O4S2. The zero-order valence-electron chi connectivity index (χ0n) is 17.8. The molecule has 0 atom stereocenters. The van der Waals surface area contributed by atoms with Crippen LogP contribution < -0.4 is 4.87 Å². The number of fused-ring (bicyclic) bond motifs is 1. The fraction of sp³-hybridized carbons (Fsp3) is 0.364. The molecule has 31 heavy (non-hydrogen) atoms. The third kappa shape index (κ3) is 3.93. The quantitative estimate of drug-likeness (QED) is 0.601. The Morgan fingerprint density at radius 3 is 2.35 bits per heavy atom. The molecule has 1 aliphatic rings. The van der Waals surface area contributed by atoms with Gasteiger partial charge in [-0.2, -0.15) is 4.31 Å². The monoisotopic (exact) mass is 459 g/mol. The van der Waals surface area contributed by atoms with Crippen molar-refractivity contribution in [1.29, 1.82) is 0 Å². The highest BCUT2D eigenvalue weighted by molar-refractivity contribution is 7.89. The average Bonchev–Trinajstić information content (AvgIpc) is 3.09. The summed E-state index contributed by atoms with van der Waals surface area (Å²) in [5, 5.41) is 0. The molecule has 0 spiro atoms. The highest BCUT2D eigenvalue weighted by Crippen LogP contribution is 2.25. The molecule has 9 heteroatoms. The lowest BCUT2D eigenvalue weighted by Crippen LogP contribution is -2.50. The van der Waals surface area contributed by atoms with Crippen LogP contribution in [0, 0.1) is 13.8 Å². The van der Waals surface area contributed by atoms with E-state index < -0.39 is 10.0 Å². The number of nitrogens with zero attached hydrogens (tertiary/aromatic N) is 3. The Morgan fingerprint density at radius 2 is 1.71 bits per heavy atom. The minimum absolute atomic E-state index is 0.0766. The molecule has 1 saturated heterocycles. The fourth-order valence-electron chi connectivity index (χ4n) is 3.84. The number of aromatic nitrogens is 1. The maximum absolute atomic E-state index is 13.2. The SMILES string of the molecule is CCn1c(=O)sc2cc(S(=O)(=O)N3CCN(C(=O)c4ccc(C)c(C)c4)CC3)ccc21. The topological polar surface area (TPSA) is 79.7 Å². The second kappa shape index (κ2) is 8.22. The first-order valence-electron chi connectivity index (χ1n) is 10.2. The molecule has 0 saturated carbocycles. The number of aryl methyl sites for hydroxylation is 3. The van der Waals surface area contributed by atoms with Crippen LogP contribution in [0.15, 0.2) is 46.1 Å².